The molecule has 1 heterocycles. The van der Waals surface area contributed by atoms with Crippen molar-refractivity contribution in [3.63, 3.8) is 0 Å². The summed E-state index contributed by atoms with van der Waals surface area (Å²) in [5, 5.41) is 9.31. The van der Waals surface area contributed by atoms with Gasteiger partial charge < -0.3 is 14.6 Å². The molecule has 22 heavy (non-hydrogen) atoms. The van der Waals surface area contributed by atoms with E-state index in [1.165, 1.54) is 6.08 Å². The summed E-state index contributed by atoms with van der Waals surface area (Å²) in [5.74, 6) is 1.03. The Kier molecular flexibility index (Phi) is 3.66. The van der Waals surface area contributed by atoms with Crippen molar-refractivity contribution in [2.24, 2.45) is 0 Å². The van der Waals surface area contributed by atoms with Crippen LogP contribution in [0.15, 0.2) is 60.4 Å². The van der Waals surface area contributed by atoms with E-state index in [2.05, 4.69) is 0 Å². The Hall–Kier alpha value is -3.01. The van der Waals surface area contributed by atoms with E-state index in [-0.39, 0.29) is 5.75 Å². The number of methoxy groups -OCH3 is 1. The Bertz CT molecular complexity index is 753. The second-order valence-corrected chi connectivity index (χ2v) is 4.81. The molecule has 0 saturated heterocycles. The molecule has 3 rings (SSSR count). The monoisotopic (exact) mass is 294 g/mol. The second kappa shape index (κ2) is 5.77. The van der Waals surface area contributed by atoms with Gasteiger partial charge in [0.15, 0.2) is 0 Å². The van der Waals surface area contributed by atoms with Gasteiger partial charge in [-0.1, -0.05) is 24.3 Å². The quantitative estimate of drug-likeness (QED) is 0.882. The molecule has 1 N–H and O–H groups in total. The smallest absolute Gasteiger partial charge is 0.336 e. The maximum atomic E-state index is 11.6. The van der Waals surface area contributed by atoms with E-state index in [0.29, 0.717) is 5.76 Å². The Labute approximate surface area is 127 Å². The van der Waals surface area contributed by atoms with E-state index in [9.17, 15) is 9.90 Å². The van der Waals surface area contributed by atoms with Crippen LogP contribution in [0.4, 0.5) is 0 Å². The van der Waals surface area contributed by atoms with Crippen LogP contribution in [-0.4, -0.2) is 18.2 Å². The predicted octanol–water partition coefficient (Wildman–Crippen LogP) is 3.38. The van der Waals surface area contributed by atoms with Gasteiger partial charge in [0, 0.05) is 11.6 Å². The first-order valence-electron chi connectivity index (χ1n) is 6.75. The number of esters is 1. The first-order chi connectivity index (χ1) is 10.7. The normalized spacial score (nSPS) is 15.6. The summed E-state index contributed by atoms with van der Waals surface area (Å²) in [6.07, 6.45) is 3.23. The lowest BCUT2D eigenvalue weighted by Gasteiger charge is -2.06. The summed E-state index contributed by atoms with van der Waals surface area (Å²) in [5.41, 5.74) is 2.43. The summed E-state index contributed by atoms with van der Waals surface area (Å²) in [6.45, 7) is 0. The van der Waals surface area contributed by atoms with Gasteiger partial charge in [-0.3, -0.25) is 0 Å². The zero-order chi connectivity index (χ0) is 15.5. The van der Waals surface area contributed by atoms with E-state index in [1.807, 2.05) is 24.3 Å². The molecule has 0 unspecified atom stereocenters. The minimum Gasteiger partial charge on any atom is -0.508 e. The third-order valence-corrected chi connectivity index (χ3v) is 3.33. The van der Waals surface area contributed by atoms with Gasteiger partial charge in [0.25, 0.3) is 0 Å². The van der Waals surface area contributed by atoms with Crippen LogP contribution in [0.2, 0.25) is 0 Å². The first-order valence-corrected chi connectivity index (χ1v) is 6.75. The minimum atomic E-state index is -0.393. The zero-order valence-electron chi connectivity index (χ0n) is 11.9. The van der Waals surface area contributed by atoms with Gasteiger partial charge in [-0.05, 0) is 41.5 Å². The molecule has 0 aromatic heterocycles. The first kappa shape index (κ1) is 13.9. The highest BCUT2D eigenvalue weighted by atomic mass is 16.5. The Balaban J connectivity index is 1.95. The van der Waals surface area contributed by atoms with Crippen LogP contribution >= 0.6 is 0 Å². The summed E-state index contributed by atoms with van der Waals surface area (Å²) in [6, 6.07) is 14.1. The third kappa shape index (κ3) is 2.86. The van der Waals surface area contributed by atoms with Gasteiger partial charge in [-0.15, -0.1) is 0 Å². The number of ether oxygens (including phenoxy) is 2. The molecule has 110 valence electrons. The molecule has 1 aliphatic rings. The molecule has 0 atom stereocenters. The molecule has 0 bridgehead atoms. The zero-order valence-corrected chi connectivity index (χ0v) is 11.9. The standard InChI is InChI=1S/C18H14O4/c1-21-15-8-4-13(5-9-15)16-11-18(20)22-17(16)10-12-2-6-14(19)7-3-12/h2-11,19H,1H3. The summed E-state index contributed by atoms with van der Waals surface area (Å²) in [7, 11) is 1.60. The topological polar surface area (TPSA) is 55.8 Å². The highest BCUT2D eigenvalue weighted by Crippen LogP contribution is 2.32. The van der Waals surface area contributed by atoms with E-state index >= 15 is 0 Å². The number of aromatic hydroxyl groups is 1. The molecule has 0 fully saturated rings. The highest BCUT2D eigenvalue weighted by Gasteiger charge is 2.21. The molecule has 4 heteroatoms. The molecular formula is C18H14O4. The number of phenolic OH excluding ortho intramolecular Hbond substituents is 1. The van der Waals surface area contributed by atoms with Gasteiger partial charge in [0.2, 0.25) is 0 Å². The Morgan fingerprint density at radius 3 is 2.36 bits per heavy atom. The number of phenols is 1. The number of allylic oxidation sites excluding steroid dienone is 1. The number of rotatable bonds is 3. The molecule has 0 aliphatic carbocycles. The average Bonchev–Trinajstić information content (AvgIpc) is 2.90. The largest absolute Gasteiger partial charge is 0.508 e. The molecule has 0 spiro atoms. The van der Waals surface area contributed by atoms with Crippen LogP contribution in [0.25, 0.3) is 11.6 Å². The molecule has 4 nitrogen and oxygen atoms in total. The van der Waals surface area contributed by atoms with Crippen molar-refractivity contribution in [3.05, 3.63) is 71.5 Å². The fourth-order valence-corrected chi connectivity index (χ4v) is 2.21. The lowest BCUT2D eigenvalue weighted by molar-refractivity contribution is -0.132. The van der Waals surface area contributed by atoms with Crippen molar-refractivity contribution in [3.8, 4) is 11.5 Å². The summed E-state index contributed by atoms with van der Waals surface area (Å²) < 4.78 is 10.4. The number of hydrogen-bond donors (Lipinski definition) is 1. The second-order valence-electron chi connectivity index (χ2n) is 4.81. The molecular weight excluding hydrogens is 280 g/mol. The van der Waals surface area contributed by atoms with Crippen molar-refractivity contribution in [2.45, 2.75) is 0 Å². The number of cyclic esters (lactones) is 1. The van der Waals surface area contributed by atoms with Gasteiger partial charge in [0.1, 0.15) is 17.3 Å². The van der Waals surface area contributed by atoms with Gasteiger partial charge >= 0.3 is 5.97 Å². The maximum Gasteiger partial charge on any atom is 0.336 e. The lowest BCUT2D eigenvalue weighted by Crippen LogP contribution is -1.91. The predicted molar refractivity (Wildman–Crippen MR) is 83.1 cm³/mol. The van der Waals surface area contributed by atoms with Crippen LogP contribution < -0.4 is 4.74 Å². The number of carbonyl (C=O) groups excluding carboxylic acids is 1. The third-order valence-electron chi connectivity index (χ3n) is 3.33. The van der Waals surface area contributed by atoms with Crippen molar-refractivity contribution < 1.29 is 19.4 Å². The average molecular weight is 294 g/mol. The van der Waals surface area contributed by atoms with Crippen LogP contribution in [0.1, 0.15) is 11.1 Å². The molecule has 2 aromatic carbocycles. The van der Waals surface area contributed by atoms with Crippen molar-refractivity contribution in [2.75, 3.05) is 7.11 Å². The molecule has 0 radical (unpaired) electrons. The van der Waals surface area contributed by atoms with Crippen LogP contribution in [0, 0.1) is 0 Å². The number of hydrogen-bond acceptors (Lipinski definition) is 4. The van der Waals surface area contributed by atoms with Crippen LogP contribution in [0.3, 0.4) is 0 Å². The molecule has 2 aromatic rings. The number of benzene rings is 2. The minimum absolute atomic E-state index is 0.191. The SMILES string of the molecule is COc1ccc(C2=CC(=O)OC2=Cc2ccc(O)cc2)cc1. The van der Waals surface area contributed by atoms with Gasteiger partial charge in [-0.25, -0.2) is 4.79 Å². The van der Waals surface area contributed by atoms with Crippen LogP contribution in [0.5, 0.6) is 11.5 Å². The van der Waals surface area contributed by atoms with E-state index in [1.54, 1.807) is 37.5 Å². The lowest BCUT2D eigenvalue weighted by atomic mass is 10.0. The van der Waals surface area contributed by atoms with Crippen molar-refractivity contribution in [1.82, 2.24) is 0 Å². The maximum absolute atomic E-state index is 11.6. The number of carbonyl (C=O) groups is 1. The van der Waals surface area contributed by atoms with E-state index in [4.69, 9.17) is 9.47 Å². The molecule has 0 saturated carbocycles. The Morgan fingerprint density at radius 2 is 1.73 bits per heavy atom. The summed E-state index contributed by atoms with van der Waals surface area (Å²) >= 11 is 0. The molecule has 1 aliphatic heterocycles. The van der Waals surface area contributed by atoms with Crippen LogP contribution in [-0.2, 0) is 9.53 Å². The Morgan fingerprint density at radius 1 is 1.05 bits per heavy atom. The van der Waals surface area contributed by atoms with E-state index < -0.39 is 5.97 Å². The van der Waals surface area contributed by atoms with E-state index in [0.717, 1.165) is 22.4 Å². The van der Waals surface area contributed by atoms with Gasteiger partial charge in [-0.2, -0.15) is 0 Å². The molecule has 0 amide bonds. The summed E-state index contributed by atoms with van der Waals surface area (Å²) in [4.78, 5) is 11.6. The highest BCUT2D eigenvalue weighted by molar-refractivity contribution is 6.03. The fourth-order valence-electron chi connectivity index (χ4n) is 2.21. The van der Waals surface area contributed by atoms with Gasteiger partial charge in [0.05, 0.1) is 7.11 Å². The van der Waals surface area contributed by atoms with Crippen molar-refractivity contribution in [1.29, 1.82) is 0 Å². The fraction of sp³-hybridized carbons (Fsp3) is 0.0556. The van der Waals surface area contributed by atoms with Crippen molar-refractivity contribution >= 4 is 17.6 Å².